The second-order valence-electron chi connectivity index (χ2n) is 6.12. The molecule has 0 fully saturated rings. The van der Waals surface area contributed by atoms with E-state index in [2.05, 4.69) is 4.74 Å². The van der Waals surface area contributed by atoms with Gasteiger partial charge in [0.1, 0.15) is 6.26 Å². The predicted octanol–water partition coefficient (Wildman–Crippen LogP) is 3.05. The Hall–Kier alpha value is -2.90. The van der Waals surface area contributed by atoms with Crippen LogP contribution >= 0.6 is 0 Å². The van der Waals surface area contributed by atoms with Crippen molar-refractivity contribution >= 4 is 34.2 Å². The van der Waals surface area contributed by atoms with Crippen LogP contribution in [-0.4, -0.2) is 39.4 Å². The Kier molecular flexibility index (Phi) is 5.96. The number of ketones is 2. The van der Waals surface area contributed by atoms with Gasteiger partial charge in [0.25, 0.3) is 0 Å². The second-order valence-corrected chi connectivity index (χ2v) is 7.50. The number of rotatable bonds is 7. The van der Waals surface area contributed by atoms with E-state index in [0.29, 0.717) is 16.2 Å². The lowest BCUT2D eigenvalue weighted by Gasteiger charge is -2.08. The Morgan fingerprint density at radius 2 is 1.82 bits per heavy atom. The van der Waals surface area contributed by atoms with Crippen LogP contribution in [0.1, 0.15) is 23.8 Å². The van der Waals surface area contributed by atoms with Crippen LogP contribution in [0.2, 0.25) is 0 Å². The van der Waals surface area contributed by atoms with E-state index in [1.807, 2.05) is 18.2 Å². The van der Waals surface area contributed by atoms with Crippen molar-refractivity contribution in [2.45, 2.75) is 18.2 Å². The topological polar surface area (TPSA) is 87.9 Å². The summed E-state index contributed by atoms with van der Waals surface area (Å²) >= 11 is -1.11. The number of pyridine rings is 1. The highest BCUT2D eigenvalue weighted by molar-refractivity contribution is 7.90. The van der Waals surface area contributed by atoms with Crippen molar-refractivity contribution in [1.29, 1.82) is 0 Å². The molecule has 0 amide bonds. The molecule has 1 aromatic carbocycles. The van der Waals surface area contributed by atoms with Gasteiger partial charge in [-0.1, -0.05) is 6.07 Å². The molecule has 7 heteroatoms. The van der Waals surface area contributed by atoms with Crippen LogP contribution in [0, 0.1) is 0 Å². The third-order valence-corrected chi connectivity index (χ3v) is 5.20. The Morgan fingerprint density at radius 1 is 1.11 bits per heavy atom. The fraction of sp³-hybridized carbons (Fsp3) is 0.190. The molecule has 0 spiro atoms. The van der Waals surface area contributed by atoms with Crippen LogP contribution in [0.3, 0.4) is 0 Å². The first kappa shape index (κ1) is 19.9. The number of nitrogens with zero attached hydrogens (tertiary/aromatic N) is 1. The van der Waals surface area contributed by atoms with E-state index < -0.39 is 35.1 Å². The van der Waals surface area contributed by atoms with Gasteiger partial charge in [0, 0.05) is 17.3 Å². The van der Waals surface area contributed by atoms with Crippen molar-refractivity contribution in [2.75, 3.05) is 12.9 Å². The predicted molar refractivity (Wildman–Crippen MR) is 106 cm³/mol. The zero-order valence-corrected chi connectivity index (χ0v) is 16.3. The molecule has 0 aliphatic heterocycles. The van der Waals surface area contributed by atoms with Crippen LogP contribution in [-0.2, 0) is 25.5 Å². The van der Waals surface area contributed by atoms with E-state index in [4.69, 9.17) is 0 Å². The monoisotopic (exact) mass is 397 g/mol. The first-order valence-electron chi connectivity index (χ1n) is 8.69. The summed E-state index contributed by atoms with van der Waals surface area (Å²) in [6, 6.07) is 14.4. The number of carbonyl (C=O) groups excluding carboxylic acids is 3. The maximum atomic E-state index is 12.9. The van der Waals surface area contributed by atoms with Crippen LogP contribution in [0.4, 0.5) is 0 Å². The van der Waals surface area contributed by atoms with Gasteiger partial charge in [-0.05, 0) is 66.1 Å². The van der Waals surface area contributed by atoms with E-state index >= 15 is 0 Å². The SMILES string of the molecule is CCOC(=O)C(=O)CC(=O)c1c(-c2ccc([S+](C)[O-])cc2)cc2ccccn12. The molecule has 1 atom stereocenters. The summed E-state index contributed by atoms with van der Waals surface area (Å²) in [6.45, 7) is 1.67. The molecule has 0 N–H and O–H groups in total. The number of fused-ring (bicyclic) bond motifs is 1. The average molecular weight is 397 g/mol. The molecule has 2 aromatic heterocycles. The number of benzene rings is 1. The fourth-order valence-electron chi connectivity index (χ4n) is 2.97. The quantitative estimate of drug-likeness (QED) is 0.201. The minimum Gasteiger partial charge on any atom is -0.612 e. The molecule has 0 saturated carbocycles. The van der Waals surface area contributed by atoms with E-state index in [1.165, 1.54) is 0 Å². The molecule has 0 aliphatic carbocycles. The van der Waals surface area contributed by atoms with Crippen LogP contribution in [0.15, 0.2) is 59.6 Å². The number of Topliss-reactive ketones (excluding diaryl/α,β-unsaturated/α-hetero) is 2. The molecule has 0 saturated heterocycles. The third kappa shape index (κ3) is 4.00. The molecule has 3 rings (SSSR count). The highest BCUT2D eigenvalue weighted by atomic mass is 32.2. The van der Waals surface area contributed by atoms with Crippen molar-refractivity contribution in [3.05, 3.63) is 60.4 Å². The lowest BCUT2D eigenvalue weighted by atomic mass is 10.0. The van der Waals surface area contributed by atoms with E-state index in [-0.39, 0.29) is 6.61 Å². The molecule has 6 nitrogen and oxygen atoms in total. The van der Waals surface area contributed by atoms with Gasteiger partial charge in [-0.3, -0.25) is 9.59 Å². The largest absolute Gasteiger partial charge is 0.612 e. The summed E-state index contributed by atoms with van der Waals surface area (Å²) < 4.78 is 18.0. The molecule has 2 heterocycles. The Morgan fingerprint density at radius 3 is 2.46 bits per heavy atom. The minimum atomic E-state index is -1.11. The highest BCUT2D eigenvalue weighted by Crippen LogP contribution is 2.29. The van der Waals surface area contributed by atoms with Crippen molar-refractivity contribution in [2.24, 2.45) is 0 Å². The number of hydrogen-bond acceptors (Lipinski definition) is 5. The van der Waals surface area contributed by atoms with Crippen LogP contribution < -0.4 is 0 Å². The highest BCUT2D eigenvalue weighted by Gasteiger charge is 2.25. The van der Waals surface area contributed by atoms with Gasteiger partial charge in [0.05, 0.1) is 18.7 Å². The molecule has 144 valence electrons. The lowest BCUT2D eigenvalue weighted by Crippen LogP contribution is -2.21. The molecule has 28 heavy (non-hydrogen) atoms. The standard InChI is InChI=1S/C21H19NO5S/c1-3-27-21(25)19(24)13-18(23)20-17(12-15-6-4-5-11-22(15)20)14-7-9-16(10-8-14)28(2)26/h4-12H,3,13H2,1-2H3. The first-order chi connectivity index (χ1) is 13.4. The molecule has 1 unspecified atom stereocenters. The molecule has 0 radical (unpaired) electrons. The molecule has 0 aliphatic rings. The van der Waals surface area contributed by atoms with Crippen molar-refractivity contribution in [3.8, 4) is 11.1 Å². The van der Waals surface area contributed by atoms with Crippen molar-refractivity contribution in [3.63, 3.8) is 0 Å². The zero-order chi connectivity index (χ0) is 20.3. The average Bonchev–Trinajstić information content (AvgIpc) is 3.07. The maximum absolute atomic E-state index is 12.9. The summed E-state index contributed by atoms with van der Waals surface area (Å²) in [5.41, 5.74) is 2.50. The number of ether oxygens (including phenoxy) is 1. The van der Waals surface area contributed by atoms with Gasteiger partial charge in [0.15, 0.2) is 10.7 Å². The first-order valence-corrected chi connectivity index (χ1v) is 10.2. The Labute approximate surface area is 165 Å². The fourth-order valence-corrected chi connectivity index (χ4v) is 3.49. The second kappa shape index (κ2) is 8.41. The summed E-state index contributed by atoms with van der Waals surface area (Å²) in [5, 5.41) is 0. The van der Waals surface area contributed by atoms with E-state index in [1.54, 1.807) is 54.1 Å². The Bertz CT molecular complexity index is 1040. The number of esters is 1. The van der Waals surface area contributed by atoms with Gasteiger partial charge in [0.2, 0.25) is 5.78 Å². The number of carbonyl (C=O) groups is 3. The van der Waals surface area contributed by atoms with E-state index in [0.717, 1.165) is 11.1 Å². The summed E-state index contributed by atoms with van der Waals surface area (Å²) in [6.07, 6.45) is 2.76. The summed E-state index contributed by atoms with van der Waals surface area (Å²) in [5.74, 6) is -2.35. The van der Waals surface area contributed by atoms with Gasteiger partial charge in [-0.15, -0.1) is 0 Å². The summed E-state index contributed by atoms with van der Waals surface area (Å²) in [7, 11) is 0. The van der Waals surface area contributed by atoms with Gasteiger partial charge in [-0.2, -0.15) is 0 Å². The van der Waals surface area contributed by atoms with Gasteiger partial charge >= 0.3 is 5.97 Å². The third-order valence-electron chi connectivity index (χ3n) is 4.27. The van der Waals surface area contributed by atoms with Gasteiger partial charge < -0.3 is 13.7 Å². The summed E-state index contributed by atoms with van der Waals surface area (Å²) in [4.78, 5) is 37.2. The van der Waals surface area contributed by atoms with Crippen molar-refractivity contribution < 1.29 is 23.7 Å². The van der Waals surface area contributed by atoms with Gasteiger partial charge in [-0.25, -0.2) is 4.79 Å². The number of aromatic nitrogens is 1. The normalized spacial score (nSPS) is 12.0. The molecule has 3 aromatic rings. The minimum absolute atomic E-state index is 0.0726. The lowest BCUT2D eigenvalue weighted by molar-refractivity contribution is -0.153. The smallest absolute Gasteiger partial charge is 0.375 e. The zero-order valence-electron chi connectivity index (χ0n) is 15.5. The Balaban J connectivity index is 2.03. The van der Waals surface area contributed by atoms with Crippen LogP contribution in [0.25, 0.3) is 16.6 Å². The molecular formula is C21H19NO5S. The molecular weight excluding hydrogens is 378 g/mol. The van der Waals surface area contributed by atoms with Crippen molar-refractivity contribution in [1.82, 2.24) is 4.40 Å². The van der Waals surface area contributed by atoms with E-state index in [9.17, 15) is 18.9 Å². The number of hydrogen-bond donors (Lipinski definition) is 0. The van der Waals surface area contributed by atoms with Crippen LogP contribution in [0.5, 0.6) is 0 Å². The maximum Gasteiger partial charge on any atom is 0.375 e. The molecule has 0 bridgehead atoms.